The number of rotatable bonds is 4. The van der Waals surface area contributed by atoms with Gasteiger partial charge in [-0.15, -0.1) is 0 Å². The standard InChI is InChI=1S/C13H10Cl2F3N3O/c1-2-19-12-20-10(13(16,17)18)6-11(21-12)22-9-4-7(14)3-8(15)5-9/h3-6H,2H2,1H3,(H,19,20,21). The molecule has 0 aliphatic carbocycles. The van der Waals surface area contributed by atoms with Gasteiger partial charge in [-0.05, 0) is 25.1 Å². The van der Waals surface area contributed by atoms with Crippen LogP contribution in [0.2, 0.25) is 10.0 Å². The molecule has 0 spiro atoms. The highest BCUT2D eigenvalue weighted by Crippen LogP contribution is 2.33. The van der Waals surface area contributed by atoms with Crippen LogP contribution in [0, 0.1) is 0 Å². The Morgan fingerprint density at radius 3 is 2.27 bits per heavy atom. The van der Waals surface area contributed by atoms with Crippen LogP contribution in [0.25, 0.3) is 0 Å². The molecule has 0 saturated carbocycles. The number of hydrogen-bond acceptors (Lipinski definition) is 4. The summed E-state index contributed by atoms with van der Waals surface area (Å²) in [5.74, 6) is -0.274. The Bertz CT molecular complexity index is 660. The monoisotopic (exact) mass is 351 g/mol. The predicted molar refractivity (Wildman–Crippen MR) is 77.7 cm³/mol. The number of nitrogens with zero attached hydrogens (tertiary/aromatic N) is 2. The van der Waals surface area contributed by atoms with Gasteiger partial charge in [-0.25, -0.2) is 4.98 Å². The zero-order valence-electron chi connectivity index (χ0n) is 11.2. The molecule has 9 heteroatoms. The lowest BCUT2D eigenvalue weighted by Gasteiger charge is -2.11. The molecule has 0 aliphatic heterocycles. The fourth-order valence-corrected chi connectivity index (χ4v) is 2.07. The van der Waals surface area contributed by atoms with Crippen LogP contribution in [-0.2, 0) is 6.18 Å². The van der Waals surface area contributed by atoms with Gasteiger partial charge in [0.1, 0.15) is 5.75 Å². The van der Waals surface area contributed by atoms with Crippen LogP contribution in [0.15, 0.2) is 24.3 Å². The van der Waals surface area contributed by atoms with E-state index in [0.29, 0.717) is 22.7 Å². The summed E-state index contributed by atoms with van der Waals surface area (Å²) in [5, 5.41) is 3.20. The highest BCUT2D eigenvalue weighted by atomic mass is 35.5. The van der Waals surface area contributed by atoms with E-state index in [1.54, 1.807) is 6.92 Å². The van der Waals surface area contributed by atoms with Crippen LogP contribution >= 0.6 is 23.2 Å². The number of nitrogens with one attached hydrogen (secondary N) is 1. The lowest BCUT2D eigenvalue weighted by molar-refractivity contribution is -0.141. The zero-order valence-corrected chi connectivity index (χ0v) is 12.7. The van der Waals surface area contributed by atoms with E-state index in [9.17, 15) is 13.2 Å². The molecule has 2 rings (SSSR count). The highest BCUT2D eigenvalue weighted by molar-refractivity contribution is 6.34. The van der Waals surface area contributed by atoms with Crippen molar-refractivity contribution in [3.63, 3.8) is 0 Å². The van der Waals surface area contributed by atoms with Gasteiger partial charge in [0.05, 0.1) is 0 Å². The Morgan fingerprint density at radius 1 is 1.09 bits per heavy atom. The molecule has 1 N–H and O–H groups in total. The van der Waals surface area contributed by atoms with Crippen LogP contribution in [0.5, 0.6) is 11.6 Å². The molecule has 0 aliphatic rings. The molecule has 0 bridgehead atoms. The van der Waals surface area contributed by atoms with E-state index in [1.165, 1.54) is 18.2 Å². The first-order valence-corrected chi connectivity index (χ1v) is 6.87. The lowest BCUT2D eigenvalue weighted by atomic mass is 10.3. The fraction of sp³-hybridized carbons (Fsp3) is 0.231. The topological polar surface area (TPSA) is 47.0 Å². The molecule has 1 aromatic heterocycles. The first kappa shape index (κ1) is 16.6. The van der Waals surface area contributed by atoms with E-state index in [4.69, 9.17) is 27.9 Å². The van der Waals surface area contributed by atoms with Crippen LogP contribution in [0.1, 0.15) is 12.6 Å². The summed E-state index contributed by atoms with van der Waals surface area (Å²) in [6, 6.07) is 5.00. The van der Waals surface area contributed by atoms with Crippen molar-refractivity contribution in [3.8, 4) is 11.6 Å². The van der Waals surface area contributed by atoms with Gasteiger partial charge in [-0.3, -0.25) is 0 Å². The molecule has 0 radical (unpaired) electrons. The zero-order chi connectivity index (χ0) is 16.3. The molecule has 118 valence electrons. The Hall–Kier alpha value is -1.73. The summed E-state index contributed by atoms with van der Waals surface area (Å²) in [7, 11) is 0. The summed E-state index contributed by atoms with van der Waals surface area (Å²) in [6.45, 7) is 2.07. The van der Waals surface area contributed by atoms with Crippen LogP contribution < -0.4 is 10.1 Å². The SMILES string of the molecule is CCNc1nc(Oc2cc(Cl)cc(Cl)c2)cc(C(F)(F)F)n1. The Balaban J connectivity index is 2.38. The Kier molecular flexibility index (Phi) is 4.97. The first-order valence-electron chi connectivity index (χ1n) is 6.12. The van der Waals surface area contributed by atoms with Gasteiger partial charge in [0, 0.05) is 22.7 Å². The third-order valence-electron chi connectivity index (χ3n) is 2.39. The van der Waals surface area contributed by atoms with Gasteiger partial charge in [0.15, 0.2) is 5.69 Å². The molecule has 0 amide bonds. The average Bonchev–Trinajstić information content (AvgIpc) is 2.36. The molecule has 0 fully saturated rings. The number of halogens is 5. The number of benzene rings is 1. The van der Waals surface area contributed by atoms with Gasteiger partial charge in [0.25, 0.3) is 0 Å². The molecule has 22 heavy (non-hydrogen) atoms. The second-order valence-electron chi connectivity index (χ2n) is 4.15. The molecule has 1 heterocycles. The van der Waals surface area contributed by atoms with Gasteiger partial charge in [0.2, 0.25) is 11.8 Å². The molecule has 0 saturated heterocycles. The fourth-order valence-electron chi connectivity index (χ4n) is 1.57. The third-order valence-corrected chi connectivity index (χ3v) is 2.82. The van der Waals surface area contributed by atoms with Crippen molar-refractivity contribution in [1.82, 2.24) is 9.97 Å². The van der Waals surface area contributed by atoms with Crippen molar-refractivity contribution < 1.29 is 17.9 Å². The van der Waals surface area contributed by atoms with Crippen molar-refractivity contribution >= 4 is 29.2 Å². The molecular formula is C13H10Cl2F3N3O. The number of alkyl halides is 3. The van der Waals surface area contributed by atoms with E-state index in [1.807, 2.05) is 0 Å². The number of aromatic nitrogens is 2. The van der Waals surface area contributed by atoms with Gasteiger partial charge in [-0.2, -0.15) is 18.2 Å². The molecule has 1 aromatic carbocycles. The summed E-state index contributed by atoms with van der Waals surface area (Å²) in [6.07, 6.45) is -4.61. The third kappa shape index (κ3) is 4.38. The quantitative estimate of drug-likeness (QED) is 0.839. The minimum Gasteiger partial charge on any atom is -0.439 e. The minimum atomic E-state index is -4.61. The van der Waals surface area contributed by atoms with Crippen molar-refractivity contribution in [3.05, 3.63) is 40.0 Å². The van der Waals surface area contributed by atoms with Crippen LogP contribution in [0.3, 0.4) is 0 Å². The maximum atomic E-state index is 12.8. The lowest BCUT2D eigenvalue weighted by Crippen LogP contribution is -2.12. The van der Waals surface area contributed by atoms with E-state index in [0.717, 1.165) is 0 Å². The largest absolute Gasteiger partial charge is 0.439 e. The van der Waals surface area contributed by atoms with Crippen LogP contribution in [0.4, 0.5) is 19.1 Å². The first-order chi connectivity index (χ1) is 10.3. The van der Waals surface area contributed by atoms with E-state index >= 15 is 0 Å². The van der Waals surface area contributed by atoms with Crippen molar-refractivity contribution in [1.29, 1.82) is 0 Å². The minimum absolute atomic E-state index is 0.173. The van der Waals surface area contributed by atoms with Crippen LogP contribution in [-0.4, -0.2) is 16.5 Å². The molecule has 4 nitrogen and oxygen atoms in total. The van der Waals surface area contributed by atoms with Crippen molar-refractivity contribution in [2.45, 2.75) is 13.1 Å². The van der Waals surface area contributed by atoms with Gasteiger partial charge < -0.3 is 10.1 Å². The van der Waals surface area contributed by atoms with Crippen molar-refractivity contribution in [2.75, 3.05) is 11.9 Å². The maximum Gasteiger partial charge on any atom is 0.433 e. The number of ether oxygens (including phenoxy) is 1. The smallest absolute Gasteiger partial charge is 0.433 e. The Labute approximate surface area is 134 Å². The summed E-state index contributed by atoms with van der Waals surface area (Å²) >= 11 is 11.6. The van der Waals surface area contributed by atoms with E-state index < -0.39 is 11.9 Å². The Morgan fingerprint density at radius 2 is 1.73 bits per heavy atom. The average molecular weight is 352 g/mol. The normalized spacial score (nSPS) is 11.4. The summed E-state index contributed by atoms with van der Waals surface area (Å²) < 4.78 is 43.8. The summed E-state index contributed by atoms with van der Waals surface area (Å²) in [4.78, 5) is 7.25. The highest BCUT2D eigenvalue weighted by Gasteiger charge is 2.34. The van der Waals surface area contributed by atoms with E-state index in [-0.39, 0.29) is 17.6 Å². The summed E-state index contributed by atoms with van der Waals surface area (Å²) in [5.41, 5.74) is -1.11. The van der Waals surface area contributed by atoms with Gasteiger partial charge >= 0.3 is 6.18 Å². The van der Waals surface area contributed by atoms with Crippen molar-refractivity contribution in [2.24, 2.45) is 0 Å². The molecule has 2 aromatic rings. The molecule has 0 atom stereocenters. The molecular weight excluding hydrogens is 342 g/mol. The van der Waals surface area contributed by atoms with Gasteiger partial charge in [-0.1, -0.05) is 23.2 Å². The number of anilines is 1. The van der Waals surface area contributed by atoms with E-state index in [2.05, 4.69) is 15.3 Å². The number of hydrogen-bond donors (Lipinski definition) is 1. The predicted octanol–water partition coefficient (Wildman–Crippen LogP) is 5.03. The molecule has 0 unspecified atom stereocenters. The maximum absolute atomic E-state index is 12.8. The second kappa shape index (κ2) is 6.58. The second-order valence-corrected chi connectivity index (χ2v) is 5.02.